The van der Waals surface area contributed by atoms with Gasteiger partial charge in [0.15, 0.2) is 5.11 Å². The van der Waals surface area contributed by atoms with Crippen LogP contribution in [0.2, 0.25) is 0 Å². The van der Waals surface area contributed by atoms with Gasteiger partial charge in [-0.1, -0.05) is 29.8 Å². The molecule has 0 aliphatic carbocycles. The fraction of sp³-hybridized carbons (Fsp3) is 0.316. The Morgan fingerprint density at radius 1 is 1.00 bits per heavy atom. The summed E-state index contributed by atoms with van der Waals surface area (Å²) >= 11 is 5.35. The minimum absolute atomic E-state index is 0.650. The van der Waals surface area contributed by atoms with E-state index in [4.69, 9.17) is 12.2 Å². The molecule has 1 aliphatic rings. The molecule has 2 aromatic rings. The molecule has 120 valence electrons. The van der Waals surface area contributed by atoms with Crippen LogP contribution in [-0.2, 0) is 6.54 Å². The highest BCUT2D eigenvalue weighted by Gasteiger charge is 2.11. The van der Waals surface area contributed by atoms with Crippen LogP contribution in [0.5, 0.6) is 0 Å². The lowest BCUT2D eigenvalue weighted by atomic mass is 10.2. The van der Waals surface area contributed by atoms with Crippen molar-refractivity contribution in [3.63, 3.8) is 0 Å². The molecule has 0 aromatic heterocycles. The maximum atomic E-state index is 5.35. The van der Waals surface area contributed by atoms with Gasteiger partial charge in [-0.15, -0.1) is 0 Å². The summed E-state index contributed by atoms with van der Waals surface area (Å²) in [7, 11) is 0. The maximum absolute atomic E-state index is 5.35. The molecule has 3 rings (SSSR count). The van der Waals surface area contributed by atoms with Crippen molar-refractivity contribution < 1.29 is 0 Å². The molecule has 2 aromatic carbocycles. The van der Waals surface area contributed by atoms with Crippen molar-refractivity contribution in [2.75, 3.05) is 23.3 Å². The van der Waals surface area contributed by atoms with Crippen LogP contribution in [0.25, 0.3) is 0 Å². The van der Waals surface area contributed by atoms with Gasteiger partial charge in [-0.2, -0.15) is 0 Å². The van der Waals surface area contributed by atoms with E-state index < -0.39 is 0 Å². The summed E-state index contributed by atoms with van der Waals surface area (Å²) in [6.07, 6.45) is 2.62. The normalized spacial score (nSPS) is 13.9. The van der Waals surface area contributed by atoms with E-state index in [0.717, 1.165) is 12.2 Å². The van der Waals surface area contributed by atoms with Crippen LogP contribution < -0.4 is 15.5 Å². The summed E-state index contributed by atoms with van der Waals surface area (Å²) in [4.78, 5) is 2.45. The summed E-state index contributed by atoms with van der Waals surface area (Å²) in [6.45, 7) is 5.18. The van der Waals surface area contributed by atoms with Gasteiger partial charge < -0.3 is 15.5 Å². The number of nitrogens with one attached hydrogen (secondary N) is 2. The van der Waals surface area contributed by atoms with Crippen molar-refractivity contribution in [1.29, 1.82) is 0 Å². The van der Waals surface area contributed by atoms with E-state index in [0.29, 0.717) is 5.11 Å². The Kier molecular flexibility index (Phi) is 5.13. The third kappa shape index (κ3) is 4.45. The number of aryl methyl sites for hydroxylation is 1. The van der Waals surface area contributed by atoms with Crippen LogP contribution in [-0.4, -0.2) is 18.2 Å². The number of nitrogens with zero attached hydrogens (tertiary/aromatic N) is 1. The van der Waals surface area contributed by atoms with E-state index >= 15 is 0 Å². The second-order valence-electron chi connectivity index (χ2n) is 6.03. The van der Waals surface area contributed by atoms with Gasteiger partial charge in [0, 0.05) is 31.0 Å². The summed E-state index contributed by atoms with van der Waals surface area (Å²) in [6, 6.07) is 17.0. The molecular formula is C19H23N3S. The summed E-state index contributed by atoms with van der Waals surface area (Å²) < 4.78 is 0. The number of benzene rings is 2. The summed E-state index contributed by atoms with van der Waals surface area (Å²) in [5, 5.41) is 7.12. The molecule has 0 spiro atoms. The first-order valence-corrected chi connectivity index (χ1v) is 8.57. The van der Waals surface area contributed by atoms with Crippen LogP contribution in [0.1, 0.15) is 24.0 Å². The fourth-order valence-corrected chi connectivity index (χ4v) is 2.98. The number of rotatable bonds is 4. The molecule has 2 N–H and O–H groups in total. The average Bonchev–Trinajstić information content (AvgIpc) is 3.10. The third-order valence-electron chi connectivity index (χ3n) is 4.17. The van der Waals surface area contributed by atoms with Crippen molar-refractivity contribution in [3.05, 3.63) is 59.7 Å². The van der Waals surface area contributed by atoms with E-state index in [1.807, 2.05) is 12.1 Å². The van der Waals surface area contributed by atoms with Gasteiger partial charge in [-0.3, -0.25) is 0 Å². The minimum Gasteiger partial charge on any atom is -0.372 e. The Hall–Kier alpha value is -2.07. The van der Waals surface area contributed by atoms with Gasteiger partial charge in [0.05, 0.1) is 0 Å². The van der Waals surface area contributed by atoms with Crippen LogP contribution in [0.15, 0.2) is 48.5 Å². The molecule has 0 radical (unpaired) electrons. The second kappa shape index (κ2) is 7.47. The first-order valence-electron chi connectivity index (χ1n) is 8.16. The topological polar surface area (TPSA) is 27.3 Å². The minimum atomic E-state index is 0.650. The molecule has 0 bridgehead atoms. The zero-order chi connectivity index (χ0) is 16.1. The van der Waals surface area contributed by atoms with Crippen molar-refractivity contribution in [3.8, 4) is 0 Å². The van der Waals surface area contributed by atoms with Crippen molar-refractivity contribution in [1.82, 2.24) is 5.32 Å². The van der Waals surface area contributed by atoms with Gasteiger partial charge in [0.1, 0.15) is 0 Å². The van der Waals surface area contributed by atoms with Crippen molar-refractivity contribution in [2.45, 2.75) is 26.3 Å². The lowest BCUT2D eigenvalue weighted by Crippen LogP contribution is -2.27. The molecular weight excluding hydrogens is 302 g/mol. The molecule has 3 nitrogen and oxygen atoms in total. The first-order chi connectivity index (χ1) is 11.2. The molecule has 1 fully saturated rings. The average molecular weight is 325 g/mol. The van der Waals surface area contributed by atoms with Gasteiger partial charge in [-0.25, -0.2) is 0 Å². The van der Waals surface area contributed by atoms with Gasteiger partial charge >= 0.3 is 0 Å². The first kappa shape index (κ1) is 15.8. The smallest absolute Gasteiger partial charge is 0.171 e. The van der Waals surface area contributed by atoms with Crippen LogP contribution in [0, 0.1) is 6.92 Å². The molecule has 1 heterocycles. The standard InChI is InChI=1S/C19H23N3S/c1-15-4-8-17(9-5-15)21-19(23)20-14-16-6-10-18(11-7-16)22-12-2-3-13-22/h4-11H,2-3,12-14H2,1H3,(H2,20,21,23). The lowest BCUT2D eigenvalue weighted by Gasteiger charge is -2.18. The quantitative estimate of drug-likeness (QED) is 0.828. The van der Waals surface area contributed by atoms with Gasteiger partial charge in [0.25, 0.3) is 0 Å². The fourth-order valence-electron chi connectivity index (χ4n) is 2.79. The van der Waals surface area contributed by atoms with Crippen molar-refractivity contribution in [2.24, 2.45) is 0 Å². The van der Waals surface area contributed by atoms with Crippen LogP contribution >= 0.6 is 12.2 Å². The Bertz CT molecular complexity index is 643. The SMILES string of the molecule is Cc1ccc(NC(=S)NCc2ccc(N3CCCC3)cc2)cc1. The zero-order valence-electron chi connectivity index (χ0n) is 13.5. The van der Waals surface area contributed by atoms with E-state index in [1.165, 1.54) is 42.7 Å². The number of thiocarbonyl (C=S) groups is 1. The highest BCUT2D eigenvalue weighted by Crippen LogP contribution is 2.20. The second-order valence-corrected chi connectivity index (χ2v) is 6.44. The van der Waals surface area contributed by atoms with Gasteiger partial charge in [-0.05, 0) is 61.8 Å². The molecule has 0 amide bonds. The van der Waals surface area contributed by atoms with E-state index in [2.05, 4.69) is 58.9 Å². The van der Waals surface area contributed by atoms with E-state index in [9.17, 15) is 0 Å². The maximum Gasteiger partial charge on any atom is 0.171 e. The zero-order valence-corrected chi connectivity index (χ0v) is 14.3. The predicted molar refractivity (Wildman–Crippen MR) is 102 cm³/mol. The lowest BCUT2D eigenvalue weighted by molar-refractivity contribution is 0.921. The number of hydrogen-bond acceptors (Lipinski definition) is 2. The molecule has 1 aliphatic heterocycles. The third-order valence-corrected chi connectivity index (χ3v) is 4.42. The highest BCUT2D eigenvalue weighted by atomic mass is 32.1. The van der Waals surface area contributed by atoms with E-state index in [1.54, 1.807) is 0 Å². The summed E-state index contributed by atoms with van der Waals surface area (Å²) in [5.74, 6) is 0. The molecule has 0 saturated carbocycles. The predicted octanol–water partition coefficient (Wildman–Crippen LogP) is 4.08. The Morgan fingerprint density at radius 3 is 2.30 bits per heavy atom. The molecule has 0 atom stereocenters. The largest absolute Gasteiger partial charge is 0.372 e. The Morgan fingerprint density at radius 2 is 1.65 bits per heavy atom. The van der Waals surface area contributed by atoms with Crippen molar-refractivity contribution >= 4 is 28.7 Å². The monoisotopic (exact) mass is 325 g/mol. The molecule has 1 saturated heterocycles. The van der Waals surface area contributed by atoms with E-state index in [-0.39, 0.29) is 0 Å². The molecule has 0 unspecified atom stereocenters. The Balaban J connectivity index is 1.49. The summed E-state index contributed by atoms with van der Waals surface area (Å²) in [5.41, 5.74) is 4.82. The molecule has 23 heavy (non-hydrogen) atoms. The Labute approximate surface area is 143 Å². The molecule has 4 heteroatoms. The van der Waals surface area contributed by atoms with Crippen LogP contribution in [0.3, 0.4) is 0 Å². The number of anilines is 2. The van der Waals surface area contributed by atoms with Gasteiger partial charge in [0.2, 0.25) is 0 Å². The highest BCUT2D eigenvalue weighted by molar-refractivity contribution is 7.80. The van der Waals surface area contributed by atoms with Crippen LogP contribution in [0.4, 0.5) is 11.4 Å². The number of hydrogen-bond donors (Lipinski definition) is 2.